The minimum atomic E-state index is -0.892. The van der Waals surface area contributed by atoms with Gasteiger partial charge in [-0.15, -0.1) is 10.2 Å². The van der Waals surface area contributed by atoms with E-state index in [9.17, 15) is 14.7 Å². The van der Waals surface area contributed by atoms with Gasteiger partial charge in [-0.1, -0.05) is 107 Å². The number of carbonyl (C=O) groups is 2. The smallest absolute Gasteiger partial charge is 0.301 e. The SMILES string of the molecule is Cc1ccc(C2C(=C(O)c3ccc(OCc4ccccc4C)cc3)C(=O)C(=O)N2c2nnc(SCc3ccccc3Cl)s2)cc1. The first-order chi connectivity index (χ1) is 21.8. The van der Waals surface area contributed by atoms with Crippen molar-refractivity contribution in [2.24, 2.45) is 0 Å². The van der Waals surface area contributed by atoms with Crippen molar-refractivity contribution in [2.45, 2.75) is 36.6 Å². The number of carbonyl (C=O) groups excluding carboxylic acids is 2. The lowest BCUT2D eigenvalue weighted by molar-refractivity contribution is -0.132. The number of halogens is 1. The first-order valence-corrected chi connectivity index (χ1v) is 16.3. The zero-order valence-corrected chi connectivity index (χ0v) is 26.8. The van der Waals surface area contributed by atoms with Crippen LogP contribution in [-0.2, 0) is 21.9 Å². The van der Waals surface area contributed by atoms with Gasteiger partial charge >= 0.3 is 5.91 Å². The molecule has 0 spiro atoms. The predicted octanol–water partition coefficient (Wildman–Crippen LogP) is 8.31. The van der Waals surface area contributed by atoms with Gasteiger partial charge in [0.25, 0.3) is 5.78 Å². The number of ketones is 1. The van der Waals surface area contributed by atoms with Gasteiger partial charge in [-0.25, -0.2) is 0 Å². The van der Waals surface area contributed by atoms with Crippen LogP contribution in [0.3, 0.4) is 0 Å². The Labute approximate surface area is 274 Å². The molecule has 0 aliphatic carbocycles. The summed E-state index contributed by atoms with van der Waals surface area (Å²) in [5.74, 6) is -0.664. The van der Waals surface area contributed by atoms with Crippen molar-refractivity contribution in [1.29, 1.82) is 0 Å². The highest BCUT2D eigenvalue weighted by Crippen LogP contribution is 2.44. The van der Waals surface area contributed by atoms with E-state index in [1.54, 1.807) is 24.3 Å². The summed E-state index contributed by atoms with van der Waals surface area (Å²) in [6.07, 6.45) is 0. The number of rotatable bonds is 9. The molecule has 7 nitrogen and oxygen atoms in total. The van der Waals surface area contributed by atoms with E-state index in [4.69, 9.17) is 16.3 Å². The Morgan fingerprint density at radius 2 is 1.60 bits per heavy atom. The molecule has 226 valence electrons. The van der Waals surface area contributed by atoms with Crippen LogP contribution >= 0.6 is 34.7 Å². The van der Waals surface area contributed by atoms with E-state index in [1.165, 1.54) is 28.0 Å². The van der Waals surface area contributed by atoms with Crippen LogP contribution in [0.5, 0.6) is 5.75 Å². The van der Waals surface area contributed by atoms with Crippen molar-refractivity contribution in [2.75, 3.05) is 4.90 Å². The van der Waals surface area contributed by atoms with Crippen molar-refractivity contribution in [1.82, 2.24) is 10.2 Å². The predicted molar refractivity (Wildman–Crippen MR) is 179 cm³/mol. The Morgan fingerprint density at radius 3 is 2.31 bits per heavy atom. The Bertz CT molecular complexity index is 1910. The van der Waals surface area contributed by atoms with Crippen LogP contribution < -0.4 is 9.64 Å². The molecule has 45 heavy (non-hydrogen) atoms. The topological polar surface area (TPSA) is 92.6 Å². The Balaban J connectivity index is 1.30. The molecule has 1 fully saturated rings. The van der Waals surface area contributed by atoms with E-state index in [0.717, 1.165) is 22.3 Å². The zero-order chi connectivity index (χ0) is 31.5. The third kappa shape index (κ3) is 6.51. The Morgan fingerprint density at radius 1 is 0.911 bits per heavy atom. The lowest BCUT2D eigenvalue weighted by atomic mass is 9.95. The van der Waals surface area contributed by atoms with E-state index < -0.39 is 17.7 Å². The number of aryl methyl sites for hydroxylation is 2. The lowest BCUT2D eigenvalue weighted by Crippen LogP contribution is -2.29. The maximum absolute atomic E-state index is 13.6. The molecule has 1 unspecified atom stereocenters. The fraction of sp³-hybridized carbons (Fsp3) is 0.143. The van der Waals surface area contributed by atoms with Crippen LogP contribution in [0, 0.1) is 13.8 Å². The second-order valence-corrected chi connectivity index (χ2v) is 13.1. The monoisotopic (exact) mass is 653 g/mol. The molecule has 6 rings (SSSR count). The summed E-state index contributed by atoms with van der Waals surface area (Å²) in [5, 5.41) is 21.0. The summed E-state index contributed by atoms with van der Waals surface area (Å²) in [6, 6.07) is 29.0. The van der Waals surface area contributed by atoms with Gasteiger partial charge in [0, 0.05) is 16.3 Å². The van der Waals surface area contributed by atoms with Crippen molar-refractivity contribution in [3.8, 4) is 5.75 Å². The molecule has 10 heteroatoms. The average Bonchev–Trinajstić information content (AvgIpc) is 3.62. The third-order valence-corrected chi connectivity index (χ3v) is 10.0. The summed E-state index contributed by atoms with van der Waals surface area (Å²) < 4.78 is 6.58. The van der Waals surface area contributed by atoms with Gasteiger partial charge < -0.3 is 9.84 Å². The number of ether oxygens (including phenoxy) is 1. The van der Waals surface area contributed by atoms with Gasteiger partial charge in [-0.2, -0.15) is 0 Å². The number of anilines is 1. The van der Waals surface area contributed by atoms with Crippen LogP contribution in [0.4, 0.5) is 5.13 Å². The second kappa shape index (κ2) is 13.3. The second-order valence-electron chi connectivity index (χ2n) is 10.5. The molecular formula is C35H28ClN3O4S2. The Kier molecular flexibility index (Phi) is 9.02. The molecule has 2 heterocycles. The summed E-state index contributed by atoms with van der Waals surface area (Å²) in [7, 11) is 0. The number of Topliss-reactive ketones (excluding diaryl/α,β-unsaturated/α-hetero) is 1. The van der Waals surface area contributed by atoms with Crippen LogP contribution in [0.2, 0.25) is 5.02 Å². The van der Waals surface area contributed by atoms with Gasteiger partial charge in [0.05, 0.1) is 11.6 Å². The number of aliphatic hydroxyl groups excluding tert-OH is 1. The minimum Gasteiger partial charge on any atom is -0.507 e. The van der Waals surface area contributed by atoms with Gasteiger partial charge in [0.2, 0.25) is 5.13 Å². The van der Waals surface area contributed by atoms with E-state index in [1.807, 2.05) is 86.6 Å². The largest absolute Gasteiger partial charge is 0.507 e. The number of hydrogen-bond donors (Lipinski definition) is 1. The molecule has 5 aromatic rings. The quantitative estimate of drug-likeness (QED) is 0.0562. The molecular weight excluding hydrogens is 626 g/mol. The van der Waals surface area contributed by atoms with Crippen molar-refractivity contribution in [3.05, 3.63) is 141 Å². The summed E-state index contributed by atoms with van der Waals surface area (Å²) in [4.78, 5) is 28.5. The molecule has 0 bridgehead atoms. The Hall–Kier alpha value is -4.44. The zero-order valence-electron chi connectivity index (χ0n) is 24.4. The third-order valence-electron chi connectivity index (χ3n) is 7.53. The minimum absolute atomic E-state index is 0.0158. The van der Waals surface area contributed by atoms with Gasteiger partial charge in [0.15, 0.2) is 4.34 Å². The van der Waals surface area contributed by atoms with Crippen molar-refractivity contribution < 1.29 is 19.4 Å². The number of aromatic nitrogens is 2. The molecule has 0 saturated carbocycles. The number of amides is 1. The van der Waals surface area contributed by atoms with Crippen LogP contribution in [0.1, 0.15) is 39.4 Å². The van der Waals surface area contributed by atoms with E-state index >= 15 is 0 Å². The molecule has 0 radical (unpaired) electrons. The van der Waals surface area contributed by atoms with Gasteiger partial charge in [-0.3, -0.25) is 14.5 Å². The number of nitrogens with zero attached hydrogens (tertiary/aromatic N) is 3. The van der Waals surface area contributed by atoms with E-state index in [0.29, 0.717) is 38.6 Å². The molecule has 1 aliphatic rings. The number of thioether (sulfide) groups is 1. The van der Waals surface area contributed by atoms with Crippen LogP contribution in [0.25, 0.3) is 5.76 Å². The highest BCUT2D eigenvalue weighted by molar-refractivity contribution is 8.00. The average molecular weight is 654 g/mol. The highest BCUT2D eigenvalue weighted by Gasteiger charge is 2.48. The molecule has 4 aromatic carbocycles. The molecule has 1 atom stereocenters. The molecule has 1 aliphatic heterocycles. The number of benzene rings is 4. The van der Waals surface area contributed by atoms with Crippen molar-refractivity contribution in [3.63, 3.8) is 0 Å². The maximum Gasteiger partial charge on any atom is 0.301 e. The maximum atomic E-state index is 13.6. The first kappa shape index (κ1) is 30.6. The molecule has 1 aromatic heterocycles. The summed E-state index contributed by atoms with van der Waals surface area (Å²) >= 11 is 8.96. The number of hydrogen-bond acceptors (Lipinski definition) is 8. The summed E-state index contributed by atoms with van der Waals surface area (Å²) in [5.41, 5.74) is 5.22. The summed E-state index contributed by atoms with van der Waals surface area (Å²) in [6.45, 7) is 4.38. The van der Waals surface area contributed by atoms with Crippen molar-refractivity contribution >= 4 is 57.3 Å². The fourth-order valence-corrected chi connectivity index (χ4v) is 7.16. The molecule has 1 amide bonds. The standard InChI is InChI=1S/C35H28ClN3O4S2/c1-21-11-13-23(14-12-21)30-29(31(40)24-15-17-27(18-16-24)43-19-25-8-4-3-7-22(25)2)32(41)33(42)39(30)34-37-38-35(45-34)44-20-26-9-5-6-10-28(26)36/h3-18,30,40H,19-20H2,1-2H3. The fourth-order valence-electron chi connectivity index (χ4n) is 5.00. The van der Waals surface area contributed by atoms with E-state index in [-0.39, 0.29) is 16.5 Å². The van der Waals surface area contributed by atoms with Gasteiger partial charge in [-0.05, 0) is 66.4 Å². The van der Waals surface area contributed by atoms with E-state index in [2.05, 4.69) is 10.2 Å². The normalized spacial score (nSPS) is 15.9. The highest BCUT2D eigenvalue weighted by atomic mass is 35.5. The van der Waals surface area contributed by atoms with Gasteiger partial charge in [0.1, 0.15) is 18.1 Å². The lowest BCUT2D eigenvalue weighted by Gasteiger charge is -2.22. The van der Waals surface area contributed by atoms with Crippen LogP contribution in [-0.4, -0.2) is 27.0 Å². The molecule has 1 N–H and O–H groups in total. The van der Waals surface area contributed by atoms with Crippen LogP contribution in [0.15, 0.2) is 107 Å². The number of aliphatic hydroxyl groups is 1. The first-order valence-electron chi connectivity index (χ1n) is 14.1. The molecule has 1 saturated heterocycles.